The fourth-order valence-corrected chi connectivity index (χ4v) is 8.60. The molecule has 150 valence electrons. The number of rotatable bonds is 12. The van der Waals surface area contributed by atoms with E-state index in [1.54, 1.807) is 17.7 Å². The SMILES string of the molecule is C[Si](C)(C)OCCCC1=[C]([Zr][C]2=C(CCCO[Si](C)(C)C)C=CC2)CC=C1. The molecule has 0 radical (unpaired) electrons. The van der Waals surface area contributed by atoms with Gasteiger partial charge in [-0.3, -0.25) is 0 Å². The van der Waals surface area contributed by atoms with E-state index in [4.69, 9.17) is 8.85 Å². The molecule has 0 heterocycles. The van der Waals surface area contributed by atoms with Gasteiger partial charge in [0.15, 0.2) is 0 Å². The summed E-state index contributed by atoms with van der Waals surface area (Å²) in [7, 11) is -2.73. The molecule has 2 rings (SSSR count). The van der Waals surface area contributed by atoms with Gasteiger partial charge in [-0.15, -0.1) is 0 Å². The summed E-state index contributed by atoms with van der Waals surface area (Å²) in [5.74, 6) is 0. The van der Waals surface area contributed by atoms with Crippen LogP contribution < -0.4 is 0 Å². The van der Waals surface area contributed by atoms with Crippen LogP contribution in [0.15, 0.2) is 42.0 Å². The van der Waals surface area contributed by atoms with Crippen LogP contribution in [0.2, 0.25) is 39.3 Å². The summed E-state index contributed by atoms with van der Waals surface area (Å²) in [5.41, 5.74) is 3.28. The van der Waals surface area contributed by atoms with Gasteiger partial charge in [0.2, 0.25) is 0 Å². The second-order valence-corrected chi connectivity index (χ2v) is 22.1. The molecule has 27 heavy (non-hydrogen) atoms. The second kappa shape index (κ2) is 10.8. The molecule has 2 aliphatic rings. The van der Waals surface area contributed by atoms with Gasteiger partial charge < -0.3 is 0 Å². The summed E-state index contributed by atoms with van der Waals surface area (Å²) in [4.78, 5) is 0. The monoisotopic (exact) mass is 480 g/mol. The maximum atomic E-state index is 6.03. The van der Waals surface area contributed by atoms with Crippen molar-refractivity contribution < 1.29 is 32.1 Å². The van der Waals surface area contributed by atoms with Gasteiger partial charge in [-0.25, -0.2) is 0 Å². The van der Waals surface area contributed by atoms with Gasteiger partial charge in [0, 0.05) is 0 Å². The first kappa shape index (κ1) is 23.5. The summed E-state index contributed by atoms with van der Waals surface area (Å²) >= 11 is -0.608. The van der Waals surface area contributed by atoms with Crippen LogP contribution in [0.5, 0.6) is 0 Å². The zero-order valence-corrected chi connectivity index (χ0v) is 22.7. The molecule has 0 aromatic rings. The predicted molar refractivity (Wildman–Crippen MR) is 119 cm³/mol. The fourth-order valence-electron chi connectivity index (χ4n) is 3.30. The predicted octanol–water partition coefficient (Wildman–Crippen LogP) is 6.76. The van der Waals surface area contributed by atoms with Crippen molar-refractivity contribution in [2.75, 3.05) is 13.2 Å². The maximum absolute atomic E-state index is 6.03. The van der Waals surface area contributed by atoms with Gasteiger partial charge in [0.25, 0.3) is 0 Å². The van der Waals surface area contributed by atoms with Gasteiger partial charge >= 0.3 is 182 Å². The molecule has 0 N–H and O–H groups in total. The fraction of sp³-hybridized carbons (Fsp3) is 0.636. The van der Waals surface area contributed by atoms with Crippen molar-refractivity contribution in [2.45, 2.75) is 77.8 Å². The molecule has 0 saturated carbocycles. The van der Waals surface area contributed by atoms with Crippen molar-refractivity contribution >= 4 is 16.6 Å². The molecule has 0 aliphatic heterocycles. The molecule has 5 heteroatoms. The average Bonchev–Trinajstić information content (AvgIpc) is 3.16. The molecule has 0 aromatic carbocycles. The van der Waals surface area contributed by atoms with Crippen molar-refractivity contribution in [2.24, 2.45) is 0 Å². The van der Waals surface area contributed by atoms with Crippen molar-refractivity contribution in [3.63, 3.8) is 0 Å². The van der Waals surface area contributed by atoms with Gasteiger partial charge in [-0.1, -0.05) is 0 Å². The van der Waals surface area contributed by atoms with Crippen molar-refractivity contribution in [3.05, 3.63) is 42.0 Å². The molecular weight excluding hydrogens is 444 g/mol. The Kier molecular flexibility index (Phi) is 9.41. The Balaban J connectivity index is 1.83. The Labute approximate surface area is 181 Å². The van der Waals surface area contributed by atoms with E-state index in [2.05, 4.69) is 63.6 Å². The Hall–Kier alpha value is 0.197. The van der Waals surface area contributed by atoms with Crippen molar-refractivity contribution in [3.8, 4) is 0 Å². The van der Waals surface area contributed by atoms with E-state index in [1.165, 1.54) is 38.5 Å². The molecule has 0 spiro atoms. The van der Waals surface area contributed by atoms with E-state index in [-0.39, 0.29) is 0 Å². The van der Waals surface area contributed by atoms with Crippen molar-refractivity contribution in [1.29, 1.82) is 0 Å². The third kappa shape index (κ3) is 9.49. The number of hydrogen-bond donors (Lipinski definition) is 0. The van der Waals surface area contributed by atoms with Crippen LogP contribution in [-0.4, -0.2) is 29.8 Å². The van der Waals surface area contributed by atoms with Crippen LogP contribution in [0.25, 0.3) is 0 Å². The molecule has 0 unspecified atom stereocenters. The van der Waals surface area contributed by atoms with Crippen LogP contribution in [0.1, 0.15) is 38.5 Å². The molecule has 2 aliphatic carbocycles. The molecule has 0 saturated heterocycles. The molecule has 0 atom stereocenters. The van der Waals surface area contributed by atoms with Gasteiger partial charge in [-0.2, -0.15) is 0 Å². The molecule has 0 aromatic heterocycles. The number of allylic oxidation sites excluding steroid dienone is 8. The third-order valence-corrected chi connectivity index (χ3v) is 10.8. The second-order valence-electron chi connectivity index (χ2n) is 9.47. The first-order valence-corrected chi connectivity index (χ1v) is 19.7. The van der Waals surface area contributed by atoms with E-state index in [0.29, 0.717) is 0 Å². The van der Waals surface area contributed by atoms with Crippen molar-refractivity contribution in [1.82, 2.24) is 0 Å². The van der Waals surface area contributed by atoms with Gasteiger partial charge in [0.1, 0.15) is 0 Å². The Morgan fingerprint density at radius 1 is 0.741 bits per heavy atom. The van der Waals surface area contributed by atoms with Crippen LogP contribution in [0.3, 0.4) is 0 Å². The van der Waals surface area contributed by atoms with Crippen LogP contribution in [0, 0.1) is 0 Å². The molecular formula is C22H38O2Si2Zr. The van der Waals surface area contributed by atoms with Crippen LogP contribution >= 0.6 is 0 Å². The van der Waals surface area contributed by atoms with E-state index in [0.717, 1.165) is 13.2 Å². The minimum absolute atomic E-state index is 0.608. The van der Waals surface area contributed by atoms with Gasteiger partial charge in [0.05, 0.1) is 0 Å². The molecule has 0 fully saturated rings. The van der Waals surface area contributed by atoms with E-state index in [9.17, 15) is 0 Å². The Morgan fingerprint density at radius 2 is 1.15 bits per heavy atom. The van der Waals surface area contributed by atoms with Crippen LogP contribution in [0.4, 0.5) is 0 Å². The quantitative estimate of drug-likeness (QED) is 0.226. The minimum atomic E-state index is -1.36. The van der Waals surface area contributed by atoms with Gasteiger partial charge in [-0.05, 0) is 0 Å². The number of hydrogen-bond acceptors (Lipinski definition) is 2. The van der Waals surface area contributed by atoms with Crippen LogP contribution in [-0.2, 0) is 32.1 Å². The molecule has 2 nitrogen and oxygen atoms in total. The molecule has 0 bridgehead atoms. The first-order valence-electron chi connectivity index (χ1n) is 10.5. The summed E-state index contributed by atoms with van der Waals surface area (Å²) < 4.78 is 15.7. The Morgan fingerprint density at radius 3 is 1.52 bits per heavy atom. The zero-order chi connectivity index (χ0) is 19.9. The summed E-state index contributed by atoms with van der Waals surface area (Å²) in [6.45, 7) is 15.5. The van der Waals surface area contributed by atoms with E-state index in [1.807, 2.05) is 0 Å². The average molecular weight is 482 g/mol. The van der Waals surface area contributed by atoms with E-state index >= 15 is 0 Å². The standard InChI is InChI=1S/2C11H19OSi.Zr/c2*1-13(2,3)12-10-6-9-11-7-4-5-8-11;/h2*4,7H,5-6,9-10H2,1-3H3;. The normalized spacial score (nSPS) is 17.6. The van der Waals surface area contributed by atoms with E-state index < -0.39 is 39.9 Å². The first-order chi connectivity index (χ1) is 12.6. The zero-order valence-electron chi connectivity index (χ0n) is 18.3. The summed E-state index contributed by atoms with van der Waals surface area (Å²) in [6.07, 6.45) is 16.7. The summed E-state index contributed by atoms with van der Waals surface area (Å²) in [6, 6.07) is 0. The summed E-state index contributed by atoms with van der Waals surface area (Å²) in [5, 5.41) is 0. The third-order valence-electron chi connectivity index (χ3n) is 4.61. The topological polar surface area (TPSA) is 18.5 Å². The molecule has 0 amide bonds. The Bertz CT molecular complexity index is 565.